The van der Waals surface area contributed by atoms with Crippen LogP contribution in [-0.2, 0) is 6.54 Å². The van der Waals surface area contributed by atoms with Gasteiger partial charge in [0.1, 0.15) is 5.82 Å². The van der Waals surface area contributed by atoms with Crippen molar-refractivity contribution in [1.29, 1.82) is 0 Å². The Kier molecular flexibility index (Phi) is 5.12. The van der Waals surface area contributed by atoms with Crippen LogP contribution in [0.2, 0.25) is 0 Å². The van der Waals surface area contributed by atoms with E-state index in [4.69, 9.17) is 0 Å². The molecule has 0 saturated heterocycles. The van der Waals surface area contributed by atoms with Crippen molar-refractivity contribution in [2.24, 2.45) is 0 Å². The maximum absolute atomic E-state index is 13.5. The van der Waals surface area contributed by atoms with Crippen molar-refractivity contribution >= 4 is 21.6 Å². The average molecular weight is 354 g/mol. The molecule has 0 bridgehead atoms. The van der Waals surface area contributed by atoms with Crippen molar-refractivity contribution in [1.82, 2.24) is 9.78 Å². The monoisotopic (exact) mass is 353 g/mol. The van der Waals surface area contributed by atoms with Crippen LogP contribution in [0, 0.1) is 5.82 Å². The molecule has 0 aliphatic carbocycles. The van der Waals surface area contributed by atoms with Gasteiger partial charge < -0.3 is 4.90 Å². The Balaban J connectivity index is 2.26. The van der Waals surface area contributed by atoms with Gasteiger partial charge in [0.05, 0.1) is 22.9 Å². The Labute approximate surface area is 131 Å². The topological polar surface area (TPSA) is 38.1 Å². The maximum Gasteiger partial charge on any atom is 0.269 e. The van der Waals surface area contributed by atoms with Crippen LogP contribution in [0.25, 0.3) is 0 Å². The second-order valence-electron chi connectivity index (χ2n) is 4.84. The highest BCUT2D eigenvalue weighted by Crippen LogP contribution is 2.20. The number of halogens is 2. The quantitative estimate of drug-likeness (QED) is 0.829. The van der Waals surface area contributed by atoms with Crippen LogP contribution >= 0.6 is 15.9 Å². The van der Waals surface area contributed by atoms with Crippen molar-refractivity contribution in [3.8, 4) is 0 Å². The van der Waals surface area contributed by atoms with E-state index in [-0.39, 0.29) is 17.9 Å². The first-order valence-electron chi connectivity index (χ1n) is 6.74. The van der Waals surface area contributed by atoms with Gasteiger partial charge in [0, 0.05) is 19.7 Å². The summed E-state index contributed by atoms with van der Waals surface area (Å²) in [7, 11) is 1.92. The van der Waals surface area contributed by atoms with Crippen molar-refractivity contribution in [3.63, 3.8) is 0 Å². The highest BCUT2D eigenvalue weighted by atomic mass is 79.9. The molecule has 2 aromatic rings. The van der Waals surface area contributed by atoms with Crippen LogP contribution < -0.4 is 10.5 Å². The first-order chi connectivity index (χ1) is 10.0. The SMILES string of the molecule is CCCN(C)c1cnn(Cc2cccc(F)c2Br)c(=O)c1. The molecule has 0 unspecified atom stereocenters. The van der Waals surface area contributed by atoms with E-state index in [1.165, 1.54) is 10.7 Å². The lowest BCUT2D eigenvalue weighted by molar-refractivity contribution is 0.602. The molecule has 6 heteroatoms. The van der Waals surface area contributed by atoms with E-state index in [1.807, 2.05) is 11.9 Å². The Bertz CT molecular complexity index is 687. The minimum Gasteiger partial charge on any atom is -0.373 e. The van der Waals surface area contributed by atoms with Crippen LogP contribution in [0.15, 0.2) is 39.7 Å². The zero-order chi connectivity index (χ0) is 15.4. The van der Waals surface area contributed by atoms with Gasteiger partial charge in [0.15, 0.2) is 0 Å². The number of benzene rings is 1. The summed E-state index contributed by atoms with van der Waals surface area (Å²) < 4.78 is 15.2. The fourth-order valence-corrected chi connectivity index (χ4v) is 2.44. The van der Waals surface area contributed by atoms with E-state index >= 15 is 0 Å². The molecule has 0 N–H and O–H groups in total. The Morgan fingerprint density at radius 2 is 2.19 bits per heavy atom. The molecule has 0 aliphatic heterocycles. The van der Waals surface area contributed by atoms with Gasteiger partial charge >= 0.3 is 0 Å². The lowest BCUT2D eigenvalue weighted by atomic mass is 10.2. The summed E-state index contributed by atoms with van der Waals surface area (Å²) in [5, 5.41) is 4.17. The smallest absolute Gasteiger partial charge is 0.269 e. The number of rotatable bonds is 5. The van der Waals surface area contributed by atoms with Gasteiger partial charge in [-0.1, -0.05) is 19.1 Å². The Morgan fingerprint density at radius 1 is 1.43 bits per heavy atom. The van der Waals surface area contributed by atoms with Crippen molar-refractivity contribution in [3.05, 3.63) is 56.7 Å². The van der Waals surface area contributed by atoms with E-state index in [0.29, 0.717) is 10.0 Å². The van der Waals surface area contributed by atoms with Crippen LogP contribution in [0.5, 0.6) is 0 Å². The van der Waals surface area contributed by atoms with Crippen molar-refractivity contribution in [2.75, 3.05) is 18.5 Å². The third-order valence-electron chi connectivity index (χ3n) is 3.21. The second kappa shape index (κ2) is 6.85. The van der Waals surface area contributed by atoms with E-state index in [0.717, 1.165) is 18.7 Å². The molecule has 21 heavy (non-hydrogen) atoms. The molecule has 0 atom stereocenters. The lowest BCUT2D eigenvalue weighted by Crippen LogP contribution is -2.26. The molecule has 1 aromatic heterocycles. The summed E-state index contributed by atoms with van der Waals surface area (Å²) >= 11 is 3.19. The number of nitrogens with zero attached hydrogens (tertiary/aromatic N) is 3. The van der Waals surface area contributed by atoms with E-state index in [2.05, 4.69) is 28.0 Å². The minimum absolute atomic E-state index is 0.202. The molecule has 0 aliphatic rings. The first-order valence-corrected chi connectivity index (χ1v) is 7.53. The van der Waals surface area contributed by atoms with Crippen LogP contribution in [0.3, 0.4) is 0 Å². The highest BCUT2D eigenvalue weighted by Gasteiger charge is 2.09. The van der Waals surface area contributed by atoms with Crippen LogP contribution in [-0.4, -0.2) is 23.4 Å². The molecule has 0 spiro atoms. The summed E-state index contributed by atoms with van der Waals surface area (Å²) in [6, 6.07) is 6.30. The van der Waals surface area contributed by atoms with Gasteiger partial charge in [-0.3, -0.25) is 4.79 Å². The standard InChI is InChI=1S/C15H17BrFN3O/c1-3-7-19(2)12-8-14(21)20(18-9-12)10-11-5-4-6-13(17)15(11)16/h4-6,8-9H,3,7,10H2,1-2H3. The molecular formula is C15H17BrFN3O. The normalized spacial score (nSPS) is 10.7. The molecule has 112 valence electrons. The number of hydrogen-bond acceptors (Lipinski definition) is 3. The van der Waals surface area contributed by atoms with Gasteiger partial charge in [-0.05, 0) is 34.0 Å². The molecule has 1 heterocycles. The van der Waals surface area contributed by atoms with E-state index in [9.17, 15) is 9.18 Å². The second-order valence-corrected chi connectivity index (χ2v) is 5.64. The van der Waals surface area contributed by atoms with Crippen molar-refractivity contribution < 1.29 is 4.39 Å². The molecule has 2 rings (SSSR count). The maximum atomic E-state index is 13.5. The van der Waals surface area contributed by atoms with Gasteiger partial charge in [0.25, 0.3) is 5.56 Å². The molecule has 0 amide bonds. The van der Waals surface area contributed by atoms with Crippen LogP contribution in [0.4, 0.5) is 10.1 Å². The zero-order valence-corrected chi connectivity index (χ0v) is 13.6. The summed E-state index contributed by atoms with van der Waals surface area (Å²) in [6.07, 6.45) is 2.65. The Morgan fingerprint density at radius 3 is 2.86 bits per heavy atom. The van der Waals surface area contributed by atoms with Gasteiger partial charge in [-0.2, -0.15) is 5.10 Å². The number of hydrogen-bond donors (Lipinski definition) is 0. The molecular weight excluding hydrogens is 337 g/mol. The van der Waals surface area contributed by atoms with E-state index < -0.39 is 0 Å². The molecule has 0 fully saturated rings. The first kappa shape index (κ1) is 15.7. The zero-order valence-electron chi connectivity index (χ0n) is 12.0. The number of aromatic nitrogens is 2. The minimum atomic E-state index is -0.347. The summed E-state index contributed by atoms with van der Waals surface area (Å²) in [5.74, 6) is -0.347. The predicted molar refractivity (Wildman–Crippen MR) is 85.3 cm³/mol. The number of anilines is 1. The van der Waals surface area contributed by atoms with E-state index in [1.54, 1.807) is 24.4 Å². The lowest BCUT2D eigenvalue weighted by Gasteiger charge is -2.18. The predicted octanol–water partition coefficient (Wildman–Crippen LogP) is 3.04. The van der Waals surface area contributed by atoms with Crippen molar-refractivity contribution in [2.45, 2.75) is 19.9 Å². The Hall–Kier alpha value is -1.69. The molecule has 0 radical (unpaired) electrons. The average Bonchev–Trinajstić information content (AvgIpc) is 2.46. The fraction of sp³-hybridized carbons (Fsp3) is 0.333. The largest absolute Gasteiger partial charge is 0.373 e. The van der Waals surface area contributed by atoms with Gasteiger partial charge in [-0.15, -0.1) is 0 Å². The van der Waals surface area contributed by atoms with Gasteiger partial charge in [0.2, 0.25) is 0 Å². The summed E-state index contributed by atoms with van der Waals surface area (Å²) in [4.78, 5) is 14.1. The molecule has 0 saturated carbocycles. The fourth-order valence-electron chi connectivity index (χ4n) is 2.05. The third kappa shape index (κ3) is 3.69. The summed E-state index contributed by atoms with van der Waals surface area (Å²) in [5.41, 5.74) is 1.27. The van der Waals surface area contributed by atoms with Gasteiger partial charge in [-0.25, -0.2) is 9.07 Å². The summed E-state index contributed by atoms with van der Waals surface area (Å²) in [6.45, 7) is 3.17. The van der Waals surface area contributed by atoms with Crippen LogP contribution in [0.1, 0.15) is 18.9 Å². The molecule has 4 nitrogen and oxygen atoms in total. The highest BCUT2D eigenvalue weighted by molar-refractivity contribution is 9.10. The molecule has 1 aromatic carbocycles. The third-order valence-corrected chi connectivity index (χ3v) is 4.09.